The van der Waals surface area contributed by atoms with E-state index >= 15 is 0 Å². The molecule has 0 fully saturated rings. The number of guanidine groups is 1. The van der Waals surface area contributed by atoms with E-state index in [1.54, 1.807) is 19.5 Å². The zero-order chi connectivity index (χ0) is 11.4. The van der Waals surface area contributed by atoms with Crippen LogP contribution in [0.15, 0.2) is 23.5 Å². The Labute approximate surface area is 94.9 Å². The van der Waals surface area contributed by atoms with Gasteiger partial charge in [0.25, 0.3) is 0 Å². The summed E-state index contributed by atoms with van der Waals surface area (Å²) in [7, 11) is 1.66. The second-order valence-corrected chi connectivity index (χ2v) is 3.78. The Morgan fingerprint density at radius 2 is 2.50 bits per heavy atom. The molecular weight excluding hydrogens is 204 g/mol. The van der Waals surface area contributed by atoms with Gasteiger partial charge in [-0.15, -0.1) is 0 Å². The molecule has 86 valence electrons. The van der Waals surface area contributed by atoms with Crippen LogP contribution in [0.5, 0.6) is 5.75 Å². The number of methoxy groups -OCH3 is 1. The molecule has 0 aliphatic carbocycles. The Morgan fingerprint density at radius 3 is 3.19 bits per heavy atom. The minimum atomic E-state index is 0.415. The highest BCUT2D eigenvalue weighted by Crippen LogP contribution is 2.15. The van der Waals surface area contributed by atoms with Gasteiger partial charge in [0.2, 0.25) is 0 Å². The first kappa shape index (κ1) is 10.7. The van der Waals surface area contributed by atoms with E-state index in [1.807, 2.05) is 6.07 Å². The van der Waals surface area contributed by atoms with E-state index in [-0.39, 0.29) is 0 Å². The van der Waals surface area contributed by atoms with Gasteiger partial charge in [-0.2, -0.15) is 0 Å². The van der Waals surface area contributed by atoms with Crippen molar-refractivity contribution in [3.05, 3.63) is 24.0 Å². The summed E-state index contributed by atoms with van der Waals surface area (Å²) in [5, 5.41) is 6.46. The third-order valence-electron chi connectivity index (χ3n) is 2.43. The van der Waals surface area contributed by atoms with Gasteiger partial charge in [0, 0.05) is 30.5 Å². The molecular formula is C11H16N4O. The summed E-state index contributed by atoms with van der Waals surface area (Å²) >= 11 is 0. The summed E-state index contributed by atoms with van der Waals surface area (Å²) < 4.78 is 5.24. The first-order chi connectivity index (χ1) is 7.79. The molecule has 2 heterocycles. The minimum Gasteiger partial charge on any atom is -0.496 e. The van der Waals surface area contributed by atoms with Crippen LogP contribution in [0.4, 0.5) is 0 Å². The fourth-order valence-electron chi connectivity index (χ4n) is 1.59. The molecule has 1 aliphatic heterocycles. The largest absolute Gasteiger partial charge is 0.496 e. The summed E-state index contributed by atoms with van der Waals surface area (Å²) in [6.07, 6.45) is 3.51. The van der Waals surface area contributed by atoms with Crippen LogP contribution in [0.2, 0.25) is 0 Å². The molecule has 1 atom stereocenters. The molecule has 2 rings (SSSR count). The number of ether oxygens (including phenoxy) is 1. The zero-order valence-electron chi connectivity index (χ0n) is 9.53. The molecule has 0 aromatic carbocycles. The number of rotatable bonds is 3. The number of hydrogen-bond donors (Lipinski definition) is 2. The average molecular weight is 220 g/mol. The van der Waals surface area contributed by atoms with E-state index in [1.165, 1.54) is 0 Å². The van der Waals surface area contributed by atoms with E-state index in [0.29, 0.717) is 12.6 Å². The van der Waals surface area contributed by atoms with Crippen LogP contribution in [0.1, 0.15) is 12.5 Å². The molecule has 0 amide bonds. The van der Waals surface area contributed by atoms with E-state index in [0.717, 1.165) is 23.8 Å². The van der Waals surface area contributed by atoms with Crippen molar-refractivity contribution >= 4 is 5.96 Å². The van der Waals surface area contributed by atoms with Gasteiger partial charge < -0.3 is 15.4 Å². The maximum atomic E-state index is 5.24. The van der Waals surface area contributed by atoms with Crippen molar-refractivity contribution in [3.8, 4) is 5.75 Å². The second kappa shape index (κ2) is 4.83. The molecule has 1 unspecified atom stereocenters. The quantitative estimate of drug-likeness (QED) is 0.780. The van der Waals surface area contributed by atoms with Crippen molar-refractivity contribution < 1.29 is 4.74 Å². The second-order valence-electron chi connectivity index (χ2n) is 3.78. The van der Waals surface area contributed by atoms with E-state index in [9.17, 15) is 0 Å². The standard InChI is InChI=1S/C11H16N4O/c1-8-5-13-11(15-8)14-7-9-6-12-4-3-10(9)16-2/h3-4,6,8H,5,7H2,1-2H3,(H2,13,14,15). The van der Waals surface area contributed by atoms with Crippen LogP contribution >= 0.6 is 0 Å². The molecule has 5 nitrogen and oxygen atoms in total. The van der Waals surface area contributed by atoms with Crippen molar-refractivity contribution in [1.82, 2.24) is 15.6 Å². The van der Waals surface area contributed by atoms with Gasteiger partial charge in [0.15, 0.2) is 5.96 Å². The first-order valence-corrected chi connectivity index (χ1v) is 5.31. The molecule has 16 heavy (non-hydrogen) atoms. The number of hydrogen-bond acceptors (Lipinski definition) is 5. The van der Waals surface area contributed by atoms with Crippen molar-refractivity contribution in [2.75, 3.05) is 13.7 Å². The van der Waals surface area contributed by atoms with E-state index in [4.69, 9.17) is 4.74 Å². The number of aromatic nitrogens is 1. The molecule has 1 aromatic rings. The normalized spacial score (nSPS) is 18.9. The summed E-state index contributed by atoms with van der Waals surface area (Å²) in [6.45, 7) is 3.59. The first-order valence-electron chi connectivity index (χ1n) is 5.31. The molecule has 2 N–H and O–H groups in total. The highest BCUT2D eigenvalue weighted by Gasteiger charge is 2.12. The summed E-state index contributed by atoms with van der Waals surface area (Å²) in [5.74, 6) is 1.69. The van der Waals surface area contributed by atoms with E-state index < -0.39 is 0 Å². The van der Waals surface area contributed by atoms with Gasteiger partial charge in [-0.1, -0.05) is 0 Å². The Hall–Kier alpha value is -1.78. The summed E-state index contributed by atoms with van der Waals surface area (Å²) in [4.78, 5) is 8.39. The lowest BCUT2D eigenvalue weighted by molar-refractivity contribution is 0.408. The van der Waals surface area contributed by atoms with Crippen LogP contribution in [0.25, 0.3) is 0 Å². The van der Waals surface area contributed by atoms with Crippen molar-refractivity contribution in [2.24, 2.45) is 4.99 Å². The number of nitrogens with zero attached hydrogens (tertiary/aromatic N) is 2. The van der Waals surface area contributed by atoms with Crippen LogP contribution in [0, 0.1) is 0 Å². The Morgan fingerprint density at radius 1 is 1.62 bits per heavy atom. The molecule has 0 spiro atoms. The Kier molecular flexibility index (Phi) is 3.24. The van der Waals surface area contributed by atoms with Crippen LogP contribution in [-0.4, -0.2) is 30.6 Å². The lowest BCUT2D eigenvalue weighted by Gasteiger charge is -2.10. The molecule has 0 saturated carbocycles. The maximum Gasteiger partial charge on any atom is 0.191 e. The van der Waals surface area contributed by atoms with Crippen LogP contribution in [-0.2, 0) is 6.54 Å². The predicted molar refractivity (Wildman–Crippen MR) is 62.5 cm³/mol. The fourth-order valence-corrected chi connectivity index (χ4v) is 1.59. The number of aliphatic imine (C=N–C) groups is 1. The molecule has 0 radical (unpaired) electrons. The van der Waals surface area contributed by atoms with E-state index in [2.05, 4.69) is 27.5 Å². The minimum absolute atomic E-state index is 0.415. The highest BCUT2D eigenvalue weighted by molar-refractivity contribution is 5.81. The predicted octanol–water partition coefficient (Wildman–Crippen LogP) is 0.527. The average Bonchev–Trinajstić information content (AvgIpc) is 2.73. The third kappa shape index (κ3) is 2.42. The third-order valence-corrected chi connectivity index (χ3v) is 2.43. The van der Waals surface area contributed by atoms with Crippen molar-refractivity contribution in [3.63, 3.8) is 0 Å². The highest BCUT2D eigenvalue weighted by atomic mass is 16.5. The fraction of sp³-hybridized carbons (Fsp3) is 0.455. The summed E-state index contributed by atoms with van der Waals surface area (Å²) in [6, 6.07) is 2.27. The van der Waals surface area contributed by atoms with Gasteiger partial charge in [0.05, 0.1) is 13.7 Å². The Balaban J connectivity index is 1.94. The van der Waals surface area contributed by atoms with Gasteiger partial charge >= 0.3 is 0 Å². The summed E-state index contributed by atoms with van der Waals surface area (Å²) in [5.41, 5.74) is 1.02. The molecule has 0 bridgehead atoms. The van der Waals surface area contributed by atoms with Gasteiger partial charge in [-0.05, 0) is 13.0 Å². The SMILES string of the molecule is COc1ccncc1CNC1=NCC(C)N1. The van der Waals surface area contributed by atoms with Crippen molar-refractivity contribution in [1.29, 1.82) is 0 Å². The topological polar surface area (TPSA) is 58.5 Å². The maximum absolute atomic E-state index is 5.24. The Bertz CT molecular complexity index is 391. The molecule has 1 aliphatic rings. The monoisotopic (exact) mass is 220 g/mol. The smallest absolute Gasteiger partial charge is 0.191 e. The van der Waals surface area contributed by atoms with Gasteiger partial charge in [-0.3, -0.25) is 9.98 Å². The molecule has 5 heteroatoms. The number of nitrogens with one attached hydrogen (secondary N) is 2. The molecule has 1 aromatic heterocycles. The lowest BCUT2D eigenvalue weighted by Crippen LogP contribution is -2.37. The molecule has 0 saturated heterocycles. The van der Waals surface area contributed by atoms with Crippen LogP contribution in [0.3, 0.4) is 0 Å². The zero-order valence-corrected chi connectivity index (χ0v) is 9.53. The van der Waals surface area contributed by atoms with Gasteiger partial charge in [0.1, 0.15) is 5.75 Å². The lowest BCUT2D eigenvalue weighted by atomic mass is 10.2. The van der Waals surface area contributed by atoms with Gasteiger partial charge in [-0.25, -0.2) is 0 Å². The van der Waals surface area contributed by atoms with Crippen molar-refractivity contribution in [2.45, 2.75) is 19.5 Å². The number of pyridine rings is 1. The van der Waals surface area contributed by atoms with Crippen LogP contribution < -0.4 is 15.4 Å².